The van der Waals surface area contributed by atoms with Gasteiger partial charge in [0.1, 0.15) is 17.6 Å². The number of morpholine rings is 1. The second-order valence-electron chi connectivity index (χ2n) is 4.62. The van der Waals surface area contributed by atoms with Crippen molar-refractivity contribution in [3.63, 3.8) is 0 Å². The molecule has 1 N–H and O–H groups in total. The van der Waals surface area contributed by atoms with E-state index in [9.17, 15) is 0 Å². The molecule has 1 saturated heterocycles. The SMILES string of the molecule is CCOc1ccc2c(c1)OCCC1NCCOC21.Cl. The van der Waals surface area contributed by atoms with E-state index >= 15 is 0 Å². The van der Waals surface area contributed by atoms with Crippen LogP contribution < -0.4 is 14.8 Å². The van der Waals surface area contributed by atoms with Crippen molar-refractivity contribution < 1.29 is 14.2 Å². The van der Waals surface area contributed by atoms with Crippen LogP contribution in [0.3, 0.4) is 0 Å². The Morgan fingerprint density at radius 3 is 3.11 bits per heavy atom. The lowest BCUT2D eigenvalue weighted by molar-refractivity contribution is -0.00585. The van der Waals surface area contributed by atoms with Gasteiger partial charge in [0.15, 0.2) is 0 Å². The largest absolute Gasteiger partial charge is 0.494 e. The van der Waals surface area contributed by atoms with Crippen molar-refractivity contribution >= 4 is 12.4 Å². The van der Waals surface area contributed by atoms with Crippen LogP contribution in [0.25, 0.3) is 0 Å². The number of nitrogens with one attached hydrogen (secondary N) is 1. The van der Waals surface area contributed by atoms with Crippen LogP contribution >= 0.6 is 12.4 Å². The number of ether oxygens (including phenoxy) is 3. The summed E-state index contributed by atoms with van der Waals surface area (Å²) in [6, 6.07) is 6.39. The second-order valence-corrected chi connectivity index (χ2v) is 4.62. The van der Waals surface area contributed by atoms with Gasteiger partial charge in [0, 0.05) is 24.2 Å². The topological polar surface area (TPSA) is 39.7 Å². The molecule has 1 aromatic rings. The fourth-order valence-corrected chi connectivity index (χ4v) is 2.64. The summed E-state index contributed by atoms with van der Waals surface area (Å²) >= 11 is 0. The third kappa shape index (κ3) is 2.96. The summed E-state index contributed by atoms with van der Waals surface area (Å²) in [5, 5.41) is 3.51. The zero-order valence-electron chi connectivity index (χ0n) is 11.1. The van der Waals surface area contributed by atoms with Crippen LogP contribution in [0.2, 0.25) is 0 Å². The molecule has 2 unspecified atom stereocenters. The first-order chi connectivity index (χ1) is 8.88. The van der Waals surface area contributed by atoms with E-state index in [0.717, 1.165) is 43.2 Å². The maximum absolute atomic E-state index is 5.90. The normalized spacial score (nSPS) is 25.1. The summed E-state index contributed by atoms with van der Waals surface area (Å²) in [5.74, 6) is 1.76. The maximum Gasteiger partial charge on any atom is 0.128 e. The number of hydrogen-bond donors (Lipinski definition) is 1. The Kier molecular flexibility index (Phi) is 4.91. The van der Waals surface area contributed by atoms with Crippen molar-refractivity contribution in [2.75, 3.05) is 26.4 Å². The van der Waals surface area contributed by atoms with Crippen molar-refractivity contribution in [3.8, 4) is 11.5 Å². The molecule has 1 fully saturated rings. The molecule has 106 valence electrons. The molecule has 0 spiro atoms. The van der Waals surface area contributed by atoms with E-state index in [0.29, 0.717) is 12.6 Å². The van der Waals surface area contributed by atoms with Gasteiger partial charge in [-0.25, -0.2) is 0 Å². The van der Waals surface area contributed by atoms with E-state index in [1.54, 1.807) is 0 Å². The molecule has 0 radical (unpaired) electrons. The molecule has 0 saturated carbocycles. The van der Waals surface area contributed by atoms with Crippen molar-refractivity contribution in [3.05, 3.63) is 23.8 Å². The molecule has 0 amide bonds. The molecule has 2 atom stereocenters. The van der Waals surface area contributed by atoms with Crippen molar-refractivity contribution in [1.82, 2.24) is 5.32 Å². The lowest BCUT2D eigenvalue weighted by Crippen LogP contribution is -2.43. The predicted octanol–water partition coefficient (Wildman–Crippen LogP) is 2.32. The highest BCUT2D eigenvalue weighted by Crippen LogP contribution is 2.37. The minimum absolute atomic E-state index is 0. The highest BCUT2D eigenvalue weighted by molar-refractivity contribution is 5.85. The maximum atomic E-state index is 5.90. The van der Waals surface area contributed by atoms with Gasteiger partial charge in [-0.3, -0.25) is 0 Å². The first-order valence-corrected chi connectivity index (χ1v) is 6.63. The van der Waals surface area contributed by atoms with E-state index in [1.807, 2.05) is 19.1 Å². The van der Waals surface area contributed by atoms with Crippen LogP contribution in [0, 0.1) is 0 Å². The molecule has 4 nitrogen and oxygen atoms in total. The summed E-state index contributed by atoms with van der Waals surface area (Å²) in [7, 11) is 0. The minimum Gasteiger partial charge on any atom is -0.494 e. The number of hydrogen-bond acceptors (Lipinski definition) is 4. The minimum atomic E-state index is 0. The Balaban J connectivity index is 0.00000133. The van der Waals surface area contributed by atoms with Gasteiger partial charge >= 0.3 is 0 Å². The Morgan fingerprint density at radius 1 is 1.37 bits per heavy atom. The predicted molar refractivity (Wildman–Crippen MR) is 75.5 cm³/mol. The molecule has 1 aromatic carbocycles. The molecule has 0 aromatic heterocycles. The summed E-state index contributed by atoms with van der Waals surface area (Å²) < 4.78 is 17.2. The fraction of sp³-hybridized carbons (Fsp3) is 0.571. The molecule has 5 heteroatoms. The van der Waals surface area contributed by atoms with Crippen LogP contribution in [0.15, 0.2) is 18.2 Å². The van der Waals surface area contributed by atoms with Crippen LogP contribution in [0.4, 0.5) is 0 Å². The molecule has 3 rings (SSSR count). The van der Waals surface area contributed by atoms with Crippen molar-refractivity contribution in [1.29, 1.82) is 0 Å². The number of benzene rings is 1. The lowest BCUT2D eigenvalue weighted by Gasteiger charge is -2.31. The Labute approximate surface area is 119 Å². The molecule has 0 bridgehead atoms. The van der Waals surface area contributed by atoms with Crippen molar-refractivity contribution in [2.45, 2.75) is 25.5 Å². The van der Waals surface area contributed by atoms with E-state index in [2.05, 4.69) is 11.4 Å². The van der Waals surface area contributed by atoms with Crippen LogP contribution in [0.1, 0.15) is 25.0 Å². The van der Waals surface area contributed by atoms with Gasteiger partial charge in [-0.2, -0.15) is 0 Å². The molecular weight excluding hydrogens is 266 g/mol. The Morgan fingerprint density at radius 2 is 2.26 bits per heavy atom. The van der Waals surface area contributed by atoms with E-state index in [-0.39, 0.29) is 18.5 Å². The van der Waals surface area contributed by atoms with E-state index < -0.39 is 0 Å². The van der Waals surface area contributed by atoms with Gasteiger partial charge in [-0.05, 0) is 25.5 Å². The van der Waals surface area contributed by atoms with Gasteiger partial charge in [0.25, 0.3) is 0 Å². The molecule has 2 heterocycles. The molecule has 2 aliphatic heterocycles. The summed E-state index contributed by atoms with van der Waals surface area (Å²) in [6.45, 7) is 5.06. The quantitative estimate of drug-likeness (QED) is 0.905. The number of rotatable bonds is 2. The fourth-order valence-electron chi connectivity index (χ4n) is 2.64. The third-order valence-corrected chi connectivity index (χ3v) is 3.46. The molecule has 19 heavy (non-hydrogen) atoms. The zero-order chi connectivity index (χ0) is 12.4. The summed E-state index contributed by atoms with van der Waals surface area (Å²) in [5.41, 5.74) is 1.13. The van der Waals surface area contributed by atoms with Crippen LogP contribution in [0.5, 0.6) is 11.5 Å². The highest BCUT2D eigenvalue weighted by Gasteiger charge is 2.31. The average Bonchev–Trinajstić information content (AvgIpc) is 2.58. The van der Waals surface area contributed by atoms with Crippen molar-refractivity contribution in [2.24, 2.45) is 0 Å². The molecule has 0 aliphatic carbocycles. The van der Waals surface area contributed by atoms with Gasteiger partial charge in [0.05, 0.1) is 19.8 Å². The third-order valence-electron chi connectivity index (χ3n) is 3.46. The average molecular weight is 286 g/mol. The van der Waals surface area contributed by atoms with Crippen LogP contribution in [-0.4, -0.2) is 32.4 Å². The number of halogens is 1. The van der Waals surface area contributed by atoms with E-state index in [1.165, 1.54) is 0 Å². The van der Waals surface area contributed by atoms with E-state index in [4.69, 9.17) is 14.2 Å². The highest BCUT2D eigenvalue weighted by atomic mass is 35.5. The zero-order valence-corrected chi connectivity index (χ0v) is 11.9. The van der Waals surface area contributed by atoms with Gasteiger partial charge < -0.3 is 19.5 Å². The molecule has 2 aliphatic rings. The monoisotopic (exact) mass is 285 g/mol. The standard InChI is InChI=1S/C14H19NO3.ClH/c1-2-16-10-3-4-11-13(9-10)17-7-5-12-14(11)18-8-6-15-12;/h3-4,9,12,14-15H,2,5-8H2,1H3;1H. The summed E-state index contributed by atoms with van der Waals surface area (Å²) in [4.78, 5) is 0. The lowest BCUT2D eigenvalue weighted by atomic mass is 9.98. The first kappa shape index (κ1) is 14.4. The smallest absolute Gasteiger partial charge is 0.128 e. The second kappa shape index (κ2) is 6.46. The summed E-state index contributed by atoms with van der Waals surface area (Å²) in [6.07, 6.45) is 1.08. The van der Waals surface area contributed by atoms with Gasteiger partial charge in [0.2, 0.25) is 0 Å². The van der Waals surface area contributed by atoms with Crippen LogP contribution in [-0.2, 0) is 4.74 Å². The molecular formula is C14H20ClNO3. The Bertz CT molecular complexity index is 427. The van der Waals surface area contributed by atoms with Gasteiger partial charge in [-0.1, -0.05) is 0 Å². The Hall–Kier alpha value is -0.970. The van der Waals surface area contributed by atoms with Gasteiger partial charge in [-0.15, -0.1) is 12.4 Å². The first-order valence-electron chi connectivity index (χ1n) is 6.63. The number of fused-ring (bicyclic) bond motifs is 3.